The number of hydrogen-bond acceptors (Lipinski definition) is 6. The van der Waals surface area contributed by atoms with Crippen LogP contribution in [0.1, 0.15) is 44.9 Å². The highest BCUT2D eigenvalue weighted by atomic mass is 32.1. The van der Waals surface area contributed by atoms with Gasteiger partial charge in [-0.1, -0.05) is 20.8 Å². The molecule has 1 aliphatic carbocycles. The smallest absolute Gasteiger partial charge is 0.240 e. The Labute approximate surface area is 129 Å². The molecule has 0 aromatic carbocycles. The molecule has 114 valence electrons. The van der Waals surface area contributed by atoms with Crippen molar-refractivity contribution < 1.29 is 0 Å². The SMILES string of the molecule is CCc1cc2c(NC3CCC(C)(C)C3)nc(NN)nc2s1. The van der Waals surface area contributed by atoms with E-state index in [0.717, 1.165) is 22.5 Å². The average molecular weight is 305 g/mol. The Morgan fingerprint density at radius 2 is 2.24 bits per heavy atom. The lowest BCUT2D eigenvalue weighted by molar-refractivity contribution is 0.378. The topological polar surface area (TPSA) is 75.9 Å². The molecule has 1 aliphatic rings. The number of aromatic nitrogens is 2. The third-order valence-electron chi connectivity index (χ3n) is 4.23. The van der Waals surface area contributed by atoms with Crippen LogP contribution in [-0.4, -0.2) is 16.0 Å². The van der Waals surface area contributed by atoms with Gasteiger partial charge in [-0.15, -0.1) is 11.3 Å². The molecule has 1 saturated carbocycles. The first-order valence-corrected chi connectivity index (χ1v) is 8.36. The van der Waals surface area contributed by atoms with Gasteiger partial charge in [-0.3, -0.25) is 5.43 Å². The molecule has 2 heterocycles. The van der Waals surface area contributed by atoms with E-state index in [4.69, 9.17) is 5.84 Å². The summed E-state index contributed by atoms with van der Waals surface area (Å²) in [7, 11) is 0. The minimum atomic E-state index is 0.419. The molecule has 2 aromatic heterocycles. The molecule has 0 aliphatic heterocycles. The van der Waals surface area contributed by atoms with Crippen LogP contribution in [0, 0.1) is 5.41 Å². The predicted molar refractivity (Wildman–Crippen MR) is 89.6 cm³/mol. The van der Waals surface area contributed by atoms with E-state index in [1.165, 1.54) is 24.1 Å². The van der Waals surface area contributed by atoms with Crippen molar-refractivity contribution >= 4 is 33.3 Å². The number of nitrogens with two attached hydrogens (primary N) is 1. The van der Waals surface area contributed by atoms with Crippen molar-refractivity contribution in [3.05, 3.63) is 10.9 Å². The molecule has 0 saturated heterocycles. The zero-order chi connectivity index (χ0) is 15.0. The summed E-state index contributed by atoms with van der Waals surface area (Å²) >= 11 is 1.71. The van der Waals surface area contributed by atoms with Crippen molar-refractivity contribution in [2.75, 3.05) is 10.7 Å². The molecule has 21 heavy (non-hydrogen) atoms. The van der Waals surface area contributed by atoms with Crippen LogP contribution in [0.3, 0.4) is 0 Å². The van der Waals surface area contributed by atoms with Crippen LogP contribution in [0.25, 0.3) is 10.2 Å². The van der Waals surface area contributed by atoms with Crippen molar-refractivity contribution in [2.45, 2.75) is 52.5 Å². The maximum atomic E-state index is 5.50. The standard InChI is InChI=1S/C15H23N5S/c1-4-10-7-11-12(17-9-5-6-15(2,3)8-9)18-14(20-16)19-13(11)21-10/h7,9H,4-6,8,16H2,1-3H3,(H2,17,18,19,20). The number of hydrazine groups is 1. The summed E-state index contributed by atoms with van der Waals surface area (Å²) < 4.78 is 0. The fourth-order valence-electron chi connectivity index (χ4n) is 3.07. The molecule has 1 fully saturated rings. The van der Waals surface area contributed by atoms with E-state index >= 15 is 0 Å². The van der Waals surface area contributed by atoms with Crippen molar-refractivity contribution in [1.82, 2.24) is 9.97 Å². The summed E-state index contributed by atoms with van der Waals surface area (Å²) in [6, 6.07) is 2.68. The van der Waals surface area contributed by atoms with Crippen LogP contribution in [0.4, 0.5) is 11.8 Å². The van der Waals surface area contributed by atoms with Gasteiger partial charge in [0.05, 0.1) is 5.39 Å². The minimum Gasteiger partial charge on any atom is -0.367 e. The van der Waals surface area contributed by atoms with Gasteiger partial charge >= 0.3 is 0 Å². The maximum Gasteiger partial charge on any atom is 0.240 e. The van der Waals surface area contributed by atoms with Gasteiger partial charge in [-0.05, 0) is 37.2 Å². The summed E-state index contributed by atoms with van der Waals surface area (Å²) in [6.45, 7) is 6.82. The third kappa shape index (κ3) is 2.96. The van der Waals surface area contributed by atoms with Gasteiger partial charge in [-0.25, -0.2) is 10.8 Å². The predicted octanol–water partition coefficient (Wildman–Crippen LogP) is 3.53. The van der Waals surface area contributed by atoms with Gasteiger partial charge in [-0.2, -0.15) is 4.98 Å². The lowest BCUT2D eigenvalue weighted by atomic mass is 9.92. The quantitative estimate of drug-likeness (QED) is 0.595. The van der Waals surface area contributed by atoms with Crippen molar-refractivity contribution in [3.8, 4) is 0 Å². The Morgan fingerprint density at radius 1 is 1.43 bits per heavy atom. The maximum absolute atomic E-state index is 5.50. The summed E-state index contributed by atoms with van der Waals surface area (Å²) in [5.41, 5.74) is 2.99. The normalized spacial score (nSPS) is 20.9. The molecule has 5 nitrogen and oxygen atoms in total. The van der Waals surface area contributed by atoms with E-state index in [1.54, 1.807) is 11.3 Å². The number of nitrogen functional groups attached to an aromatic ring is 1. The molecule has 1 atom stereocenters. The number of nitrogens with zero attached hydrogens (tertiary/aromatic N) is 2. The number of fused-ring (bicyclic) bond motifs is 1. The second-order valence-corrected chi connectivity index (χ2v) is 7.69. The molecule has 0 spiro atoms. The van der Waals surface area contributed by atoms with Crippen molar-refractivity contribution in [3.63, 3.8) is 0 Å². The van der Waals surface area contributed by atoms with E-state index in [2.05, 4.69) is 47.5 Å². The first-order valence-electron chi connectivity index (χ1n) is 7.54. The average Bonchev–Trinajstić information content (AvgIpc) is 3.01. The molecule has 0 radical (unpaired) electrons. The van der Waals surface area contributed by atoms with Crippen LogP contribution >= 0.6 is 11.3 Å². The molecule has 4 N–H and O–H groups in total. The molecule has 3 rings (SSSR count). The Balaban J connectivity index is 1.94. The zero-order valence-electron chi connectivity index (χ0n) is 12.9. The van der Waals surface area contributed by atoms with Crippen molar-refractivity contribution in [1.29, 1.82) is 0 Å². The van der Waals surface area contributed by atoms with E-state index in [-0.39, 0.29) is 0 Å². The lowest BCUT2D eigenvalue weighted by Crippen LogP contribution is -2.19. The molecular weight excluding hydrogens is 282 g/mol. The van der Waals surface area contributed by atoms with Gasteiger partial charge in [0, 0.05) is 10.9 Å². The van der Waals surface area contributed by atoms with Gasteiger partial charge in [0.15, 0.2) is 0 Å². The molecule has 0 bridgehead atoms. The lowest BCUT2D eigenvalue weighted by Gasteiger charge is -2.18. The molecule has 2 aromatic rings. The Kier molecular flexibility index (Phi) is 3.75. The van der Waals surface area contributed by atoms with Gasteiger partial charge in [0.1, 0.15) is 10.6 Å². The fourth-order valence-corrected chi connectivity index (χ4v) is 4.04. The first kappa shape index (κ1) is 14.5. The Morgan fingerprint density at radius 3 is 2.86 bits per heavy atom. The highest BCUT2D eigenvalue weighted by molar-refractivity contribution is 7.18. The Hall–Kier alpha value is -1.40. The first-order chi connectivity index (χ1) is 10.0. The number of thiophene rings is 1. The third-order valence-corrected chi connectivity index (χ3v) is 5.40. The van der Waals surface area contributed by atoms with Crippen LogP contribution in [-0.2, 0) is 6.42 Å². The summed E-state index contributed by atoms with van der Waals surface area (Å²) in [4.78, 5) is 11.3. The molecular formula is C15H23N5S. The fraction of sp³-hybridized carbons (Fsp3) is 0.600. The number of hydrogen-bond donors (Lipinski definition) is 3. The van der Waals surface area contributed by atoms with E-state index in [9.17, 15) is 0 Å². The summed E-state index contributed by atoms with van der Waals surface area (Å²) in [6.07, 6.45) is 4.64. The number of nitrogens with one attached hydrogen (secondary N) is 2. The van der Waals surface area contributed by atoms with Crippen LogP contribution in [0.15, 0.2) is 6.07 Å². The second-order valence-electron chi connectivity index (χ2n) is 6.57. The van der Waals surface area contributed by atoms with Gasteiger partial charge in [0.25, 0.3) is 0 Å². The van der Waals surface area contributed by atoms with Crippen LogP contribution in [0.5, 0.6) is 0 Å². The van der Waals surface area contributed by atoms with Gasteiger partial charge in [0.2, 0.25) is 5.95 Å². The Bertz CT molecular complexity index is 649. The van der Waals surface area contributed by atoms with E-state index in [1.807, 2.05) is 0 Å². The minimum absolute atomic E-state index is 0.419. The molecule has 6 heteroatoms. The summed E-state index contributed by atoms with van der Waals surface area (Å²) in [5.74, 6) is 6.89. The number of rotatable bonds is 4. The summed E-state index contributed by atoms with van der Waals surface area (Å²) in [5, 5.41) is 4.72. The van der Waals surface area contributed by atoms with Crippen molar-refractivity contribution in [2.24, 2.45) is 11.3 Å². The highest BCUT2D eigenvalue weighted by Gasteiger charge is 2.31. The highest BCUT2D eigenvalue weighted by Crippen LogP contribution is 2.39. The molecule has 0 amide bonds. The van der Waals surface area contributed by atoms with Gasteiger partial charge < -0.3 is 5.32 Å². The zero-order valence-corrected chi connectivity index (χ0v) is 13.7. The van der Waals surface area contributed by atoms with E-state index < -0.39 is 0 Å². The second kappa shape index (κ2) is 5.42. The number of anilines is 2. The number of aryl methyl sites for hydroxylation is 1. The van der Waals surface area contributed by atoms with E-state index in [0.29, 0.717) is 17.4 Å². The largest absolute Gasteiger partial charge is 0.367 e. The monoisotopic (exact) mass is 305 g/mol. The van der Waals surface area contributed by atoms with Crippen LogP contribution < -0.4 is 16.6 Å². The molecule has 1 unspecified atom stereocenters. The van der Waals surface area contributed by atoms with Crippen LogP contribution in [0.2, 0.25) is 0 Å².